The lowest BCUT2D eigenvalue weighted by molar-refractivity contribution is 0.615. The molecule has 0 aliphatic carbocycles. The Balaban J connectivity index is 4.83. The zero-order chi connectivity index (χ0) is 9.61. The second-order valence-corrected chi connectivity index (χ2v) is 4.62. The average molecular weight is 207 g/mol. The van der Waals surface area contributed by atoms with Crippen LogP contribution in [0.4, 0.5) is 0 Å². The van der Waals surface area contributed by atoms with Crippen LogP contribution in [0, 0.1) is 0 Å². The molecule has 0 aromatic heterocycles. The number of hydrogen-bond acceptors (Lipinski definition) is 2. The van der Waals surface area contributed by atoms with Crippen molar-refractivity contribution >= 4 is 19.7 Å². The van der Waals surface area contributed by atoms with E-state index >= 15 is 0 Å². The van der Waals surface area contributed by atoms with E-state index in [1.165, 1.54) is 18.2 Å². The second-order valence-electron chi connectivity index (χ2n) is 2.05. The molecule has 0 aromatic carbocycles. The predicted octanol–water partition coefficient (Wildman–Crippen LogP) is 2.59. The van der Waals surface area contributed by atoms with Gasteiger partial charge in [-0.25, -0.2) is 8.42 Å². The minimum absolute atomic E-state index is 0.0704. The van der Waals surface area contributed by atoms with Crippen LogP contribution in [0.15, 0.2) is 35.8 Å². The molecule has 4 heteroatoms. The highest BCUT2D eigenvalue weighted by molar-refractivity contribution is 8.17. The van der Waals surface area contributed by atoms with E-state index in [9.17, 15) is 8.42 Å². The van der Waals surface area contributed by atoms with Crippen LogP contribution in [0.25, 0.3) is 0 Å². The summed E-state index contributed by atoms with van der Waals surface area (Å²) in [4.78, 5) is 0.0704. The summed E-state index contributed by atoms with van der Waals surface area (Å²) in [6.07, 6.45) is 6.68. The van der Waals surface area contributed by atoms with Crippen LogP contribution in [0.3, 0.4) is 0 Å². The number of allylic oxidation sites excluding steroid dienone is 4. The molecule has 0 aliphatic rings. The fourth-order valence-corrected chi connectivity index (χ4v) is 1.39. The molecule has 0 amide bonds. The molecule has 12 heavy (non-hydrogen) atoms. The van der Waals surface area contributed by atoms with Crippen molar-refractivity contribution in [2.45, 2.75) is 13.3 Å². The fraction of sp³-hybridized carbons (Fsp3) is 0.250. The summed E-state index contributed by atoms with van der Waals surface area (Å²) in [5.74, 6) is 0. The van der Waals surface area contributed by atoms with Gasteiger partial charge in [-0.1, -0.05) is 25.7 Å². The molecule has 0 aliphatic heterocycles. The van der Waals surface area contributed by atoms with Gasteiger partial charge in [0.25, 0.3) is 9.05 Å². The highest BCUT2D eigenvalue weighted by Crippen LogP contribution is 2.13. The van der Waals surface area contributed by atoms with Crippen LogP contribution in [0.1, 0.15) is 13.3 Å². The molecule has 0 spiro atoms. The summed E-state index contributed by atoms with van der Waals surface area (Å²) in [6.45, 7) is 5.29. The molecule has 0 bridgehead atoms. The van der Waals surface area contributed by atoms with Gasteiger partial charge in [0.1, 0.15) is 0 Å². The number of rotatable bonds is 4. The molecule has 0 saturated carbocycles. The largest absolute Gasteiger partial charge is 0.261 e. The maximum absolute atomic E-state index is 10.8. The van der Waals surface area contributed by atoms with E-state index in [1.807, 2.05) is 6.92 Å². The van der Waals surface area contributed by atoms with Crippen molar-refractivity contribution in [1.29, 1.82) is 0 Å². The zero-order valence-corrected chi connectivity index (χ0v) is 8.40. The van der Waals surface area contributed by atoms with Crippen LogP contribution < -0.4 is 0 Å². The molecular weight excluding hydrogens is 196 g/mol. The first-order chi connectivity index (χ1) is 5.52. The van der Waals surface area contributed by atoms with Crippen molar-refractivity contribution in [3.63, 3.8) is 0 Å². The Hall–Kier alpha value is -0.540. The smallest absolute Gasteiger partial charge is 0.207 e. The fourth-order valence-electron chi connectivity index (χ4n) is 0.568. The molecule has 0 saturated heterocycles. The van der Waals surface area contributed by atoms with Crippen molar-refractivity contribution in [2.75, 3.05) is 0 Å². The van der Waals surface area contributed by atoms with Crippen LogP contribution in [-0.4, -0.2) is 8.42 Å². The number of hydrogen-bond donors (Lipinski definition) is 0. The lowest BCUT2D eigenvalue weighted by atomic mass is 10.4. The second kappa shape index (κ2) is 5.17. The van der Waals surface area contributed by atoms with Crippen LogP contribution in [-0.2, 0) is 9.05 Å². The molecule has 0 aromatic rings. The summed E-state index contributed by atoms with van der Waals surface area (Å²) in [7, 11) is 1.49. The number of halogens is 1. The van der Waals surface area contributed by atoms with E-state index in [2.05, 4.69) is 6.58 Å². The van der Waals surface area contributed by atoms with Gasteiger partial charge in [-0.3, -0.25) is 0 Å². The average Bonchev–Trinajstić information content (AvgIpc) is 1.95. The summed E-state index contributed by atoms with van der Waals surface area (Å²) < 4.78 is 21.7. The topological polar surface area (TPSA) is 34.1 Å². The van der Waals surface area contributed by atoms with Gasteiger partial charge < -0.3 is 0 Å². The quantitative estimate of drug-likeness (QED) is 0.524. The molecule has 0 unspecified atom stereocenters. The van der Waals surface area contributed by atoms with Crippen molar-refractivity contribution in [1.82, 2.24) is 0 Å². The van der Waals surface area contributed by atoms with E-state index in [-0.39, 0.29) is 4.91 Å². The van der Waals surface area contributed by atoms with Crippen LogP contribution >= 0.6 is 10.7 Å². The summed E-state index contributed by atoms with van der Waals surface area (Å²) in [5.41, 5.74) is 0. The SMILES string of the molecule is C=CC=C(C=CCC)S(=O)(=O)Cl. The van der Waals surface area contributed by atoms with Crippen molar-refractivity contribution in [2.24, 2.45) is 0 Å². The maximum atomic E-state index is 10.8. The maximum Gasteiger partial charge on any atom is 0.261 e. The summed E-state index contributed by atoms with van der Waals surface area (Å²) in [5, 5.41) is 0. The molecule has 0 radical (unpaired) electrons. The lowest BCUT2D eigenvalue weighted by Gasteiger charge is -1.93. The molecule has 2 nitrogen and oxygen atoms in total. The zero-order valence-electron chi connectivity index (χ0n) is 6.83. The molecule has 0 N–H and O–H groups in total. The Labute approximate surface area is 77.7 Å². The Morgan fingerprint density at radius 3 is 2.50 bits per heavy atom. The minimum Gasteiger partial charge on any atom is -0.207 e. The van der Waals surface area contributed by atoms with E-state index in [0.29, 0.717) is 0 Å². The van der Waals surface area contributed by atoms with Gasteiger partial charge in [0.05, 0.1) is 4.91 Å². The molecule has 0 rings (SSSR count). The third-order valence-electron chi connectivity index (χ3n) is 1.08. The van der Waals surface area contributed by atoms with E-state index in [1.54, 1.807) is 6.08 Å². The first-order valence-electron chi connectivity index (χ1n) is 3.46. The van der Waals surface area contributed by atoms with Gasteiger partial charge in [0.2, 0.25) is 0 Å². The highest BCUT2D eigenvalue weighted by atomic mass is 35.7. The standard InChI is InChI=1S/C8H11ClO2S/c1-3-5-7-8(6-4-2)12(9,10)11/h4-7H,2-3H2,1H3. The Morgan fingerprint density at radius 2 is 2.17 bits per heavy atom. The normalized spacial score (nSPS) is 13.7. The Morgan fingerprint density at radius 1 is 1.58 bits per heavy atom. The molecule has 68 valence electrons. The highest BCUT2D eigenvalue weighted by Gasteiger charge is 2.08. The first-order valence-corrected chi connectivity index (χ1v) is 5.77. The van der Waals surface area contributed by atoms with E-state index in [0.717, 1.165) is 6.42 Å². The van der Waals surface area contributed by atoms with Gasteiger partial charge in [-0.05, 0) is 18.6 Å². The van der Waals surface area contributed by atoms with Gasteiger partial charge in [0.15, 0.2) is 0 Å². The van der Waals surface area contributed by atoms with Gasteiger partial charge >= 0.3 is 0 Å². The van der Waals surface area contributed by atoms with Gasteiger partial charge in [-0.2, -0.15) is 0 Å². The summed E-state index contributed by atoms with van der Waals surface area (Å²) in [6, 6.07) is 0. The van der Waals surface area contributed by atoms with Crippen molar-refractivity contribution < 1.29 is 8.42 Å². The third-order valence-corrected chi connectivity index (χ3v) is 2.45. The lowest BCUT2D eigenvalue weighted by Crippen LogP contribution is -1.90. The molecule has 0 fully saturated rings. The van der Waals surface area contributed by atoms with Gasteiger partial charge in [0, 0.05) is 10.7 Å². The van der Waals surface area contributed by atoms with Crippen molar-refractivity contribution in [3.8, 4) is 0 Å². The minimum atomic E-state index is -3.62. The van der Waals surface area contributed by atoms with Crippen LogP contribution in [0.2, 0.25) is 0 Å². The summed E-state index contributed by atoms with van der Waals surface area (Å²) >= 11 is 0. The first kappa shape index (κ1) is 11.5. The molecular formula is C8H11ClO2S. The Kier molecular flexibility index (Phi) is 4.93. The van der Waals surface area contributed by atoms with Gasteiger partial charge in [-0.15, -0.1) is 0 Å². The monoisotopic (exact) mass is 206 g/mol. The van der Waals surface area contributed by atoms with E-state index < -0.39 is 9.05 Å². The van der Waals surface area contributed by atoms with Crippen LogP contribution in [0.5, 0.6) is 0 Å². The van der Waals surface area contributed by atoms with Crippen molar-refractivity contribution in [3.05, 3.63) is 35.8 Å². The molecule has 0 heterocycles. The van der Waals surface area contributed by atoms with E-state index in [4.69, 9.17) is 10.7 Å². The predicted molar refractivity (Wildman–Crippen MR) is 52.5 cm³/mol. The third kappa shape index (κ3) is 4.36. The molecule has 0 atom stereocenters. The Bertz CT molecular complexity index is 299.